The van der Waals surface area contributed by atoms with Gasteiger partial charge in [-0.2, -0.15) is 0 Å². The van der Waals surface area contributed by atoms with E-state index in [-0.39, 0.29) is 5.91 Å². The molecule has 1 aliphatic rings. The Hall–Kier alpha value is -2.69. The second-order valence-electron chi connectivity index (χ2n) is 6.42. The smallest absolute Gasteiger partial charge is 0.254 e. The number of methoxy groups -OCH3 is 1. The number of anilines is 2. The SMILES string of the molecule is COc1cccc(C(=O)N2CCN(c3ccc(N(C)C)cc3)CC2)c1. The van der Waals surface area contributed by atoms with E-state index in [1.807, 2.05) is 37.2 Å². The molecule has 0 aliphatic carbocycles. The maximum absolute atomic E-state index is 12.7. The van der Waals surface area contributed by atoms with E-state index in [0.717, 1.165) is 26.2 Å². The van der Waals surface area contributed by atoms with Gasteiger partial charge in [0.15, 0.2) is 0 Å². The highest BCUT2D eigenvalue weighted by Crippen LogP contribution is 2.22. The minimum absolute atomic E-state index is 0.0708. The summed E-state index contributed by atoms with van der Waals surface area (Å²) in [5.74, 6) is 0.784. The van der Waals surface area contributed by atoms with Gasteiger partial charge in [-0.1, -0.05) is 6.07 Å². The number of benzene rings is 2. The van der Waals surface area contributed by atoms with Crippen LogP contribution in [-0.4, -0.2) is 58.2 Å². The Balaban J connectivity index is 1.62. The molecule has 1 amide bonds. The van der Waals surface area contributed by atoms with E-state index in [1.165, 1.54) is 11.4 Å². The topological polar surface area (TPSA) is 36.0 Å². The molecule has 1 aliphatic heterocycles. The molecule has 5 heteroatoms. The molecule has 0 spiro atoms. The first-order valence-corrected chi connectivity index (χ1v) is 8.54. The van der Waals surface area contributed by atoms with Crippen molar-refractivity contribution in [1.82, 2.24) is 4.90 Å². The summed E-state index contributed by atoms with van der Waals surface area (Å²) in [5.41, 5.74) is 3.08. The first kappa shape index (κ1) is 17.1. The molecule has 0 aromatic heterocycles. The highest BCUT2D eigenvalue weighted by molar-refractivity contribution is 5.94. The van der Waals surface area contributed by atoms with E-state index in [0.29, 0.717) is 11.3 Å². The molecule has 5 nitrogen and oxygen atoms in total. The standard InChI is InChI=1S/C20H25N3O2/c1-21(2)17-7-9-18(10-8-17)22-11-13-23(14-12-22)20(24)16-5-4-6-19(15-16)25-3/h4-10,15H,11-14H2,1-3H3. The van der Waals surface area contributed by atoms with Crippen molar-refractivity contribution in [3.63, 3.8) is 0 Å². The fourth-order valence-corrected chi connectivity index (χ4v) is 3.07. The van der Waals surface area contributed by atoms with Crippen molar-refractivity contribution in [3.8, 4) is 5.75 Å². The minimum atomic E-state index is 0.0708. The maximum Gasteiger partial charge on any atom is 0.254 e. The molecule has 0 N–H and O–H groups in total. The van der Waals surface area contributed by atoms with Crippen LogP contribution < -0.4 is 14.5 Å². The van der Waals surface area contributed by atoms with Gasteiger partial charge in [-0.05, 0) is 42.5 Å². The number of ether oxygens (including phenoxy) is 1. The Morgan fingerprint density at radius 3 is 2.28 bits per heavy atom. The van der Waals surface area contributed by atoms with E-state index < -0.39 is 0 Å². The van der Waals surface area contributed by atoms with Crippen LogP contribution in [0.5, 0.6) is 5.75 Å². The molecule has 0 unspecified atom stereocenters. The van der Waals surface area contributed by atoms with Gasteiger partial charge < -0.3 is 19.4 Å². The van der Waals surface area contributed by atoms with Crippen LogP contribution in [0.3, 0.4) is 0 Å². The molecule has 25 heavy (non-hydrogen) atoms. The van der Waals surface area contributed by atoms with Crippen LogP contribution in [0.15, 0.2) is 48.5 Å². The third kappa shape index (κ3) is 3.87. The van der Waals surface area contributed by atoms with Crippen LogP contribution >= 0.6 is 0 Å². The Morgan fingerprint density at radius 2 is 1.68 bits per heavy atom. The fourth-order valence-electron chi connectivity index (χ4n) is 3.07. The van der Waals surface area contributed by atoms with Crippen molar-refractivity contribution < 1.29 is 9.53 Å². The molecular weight excluding hydrogens is 314 g/mol. The largest absolute Gasteiger partial charge is 0.497 e. The molecule has 3 rings (SSSR count). The third-order valence-electron chi connectivity index (χ3n) is 4.61. The number of amides is 1. The maximum atomic E-state index is 12.7. The number of hydrogen-bond acceptors (Lipinski definition) is 4. The lowest BCUT2D eigenvalue weighted by Gasteiger charge is -2.36. The Bertz CT molecular complexity index is 720. The Labute approximate surface area is 149 Å². The van der Waals surface area contributed by atoms with Crippen molar-refractivity contribution in [3.05, 3.63) is 54.1 Å². The van der Waals surface area contributed by atoms with Crippen molar-refractivity contribution in [2.24, 2.45) is 0 Å². The molecule has 132 valence electrons. The lowest BCUT2D eigenvalue weighted by Crippen LogP contribution is -2.48. The number of carbonyl (C=O) groups excluding carboxylic acids is 1. The number of rotatable bonds is 4. The van der Waals surface area contributed by atoms with E-state index >= 15 is 0 Å². The number of carbonyl (C=O) groups is 1. The summed E-state index contributed by atoms with van der Waals surface area (Å²) >= 11 is 0. The lowest BCUT2D eigenvalue weighted by molar-refractivity contribution is 0.0746. The minimum Gasteiger partial charge on any atom is -0.497 e. The van der Waals surface area contributed by atoms with Crippen LogP contribution in [0.4, 0.5) is 11.4 Å². The van der Waals surface area contributed by atoms with Crippen molar-refractivity contribution >= 4 is 17.3 Å². The van der Waals surface area contributed by atoms with Gasteiger partial charge in [0, 0.05) is 57.2 Å². The zero-order chi connectivity index (χ0) is 17.8. The molecule has 0 saturated carbocycles. The van der Waals surface area contributed by atoms with Crippen molar-refractivity contribution in [2.45, 2.75) is 0 Å². The number of hydrogen-bond donors (Lipinski definition) is 0. The predicted molar refractivity (Wildman–Crippen MR) is 102 cm³/mol. The van der Waals surface area contributed by atoms with Crippen LogP contribution in [0.1, 0.15) is 10.4 Å². The van der Waals surface area contributed by atoms with Gasteiger partial charge in [-0.15, -0.1) is 0 Å². The normalized spacial score (nSPS) is 14.4. The monoisotopic (exact) mass is 339 g/mol. The van der Waals surface area contributed by atoms with E-state index in [9.17, 15) is 4.79 Å². The molecule has 2 aromatic rings. The van der Waals surface area contributed by atoms with E-state index in [4.69, 9.17) is 4.74 Å². The summed E-state index contributed by atoms with van der Waals surface area (Å²) in [7, 11) is 5.69. The predicted octanol–water partition coefficient (Wildman–Crippen LogP) is 2.72. The Kier molecular flexibility index (Phi) is 5.12. The van der Waals surface area contributed by atoms with Crippen molar-refractivity contribution in [1.29, 1.82) is 0 Å². The van der Waals surface area contributed by atoms with E-state index in [2.05, 4.69) is 34.1 Å². The highest BCUT2D eigenvalue weighted by atomic mass is 16.5. The van der Waals surface area contributed by atoms with Gasteiger partial charge in [-0.3, -0.25) is 4.79 Å². The van der Waals surface area contributed by atoms with Gasteiger partial charge in [0.2, 0.25) is 0 Å². The molecule has 2 aromatic carbocycles. The first-order valence-electron chi connectivity index (χ1n) is 8.54. The molecule has 0 radical (unpaired) electrons. The third-order valence-corrected chi connectivity index (χ3v) is 4.61. The lowest BCUT2D eigenvalue weighted by atomic mass is 10.1. The molecule has 1 heterocycles. The number of nitrogens with zero attached hydrogens (tertiary/aromatic N) is 3. The fraction of sp³-hybridized carbons (Fsp3) is 0.350. The second-order valence-corrected chi connectivity index (χ2v) is 6.42. The zero-order valence-electron chi connectivity index (χ0n) is 15.1. The quantitative estimate of drug-likeness (QED) is 0.858. The molecule has 1 saturated heterocycles. The van der Waals surface area contributed by atoms with Gasteiger partial charge in [0.05, 0.1) is 7.11 Å². The van der Waals surface area contributed by atoms with Gasteiger partial charge in [0.25, 0.3) is 5.91 Å². The molecular formula is C20H25N3O2. The summed E-state index contributed by atoms with van der Waals surface area (Å²) in [6.07, 6.45) is 0. The van der Waals surface area contributed by atoms with Gasteiger partial charge >= 0.3 is 0 Å². The van der Waals surface area contributed by atoms with Crippen molar-refractivity contribution in [2.75, 3.05) is 57.2 Å². The summed E-state index contributed by atoms with van der Waals surface area (Å²) < 4.78 is 5.21. The zero-order valence-corrected chi connectivity index (χ0v) is 15.1. The van der Waals surface area contributed by atoms with Crippen LogP contribution in [0.25, 0.3) is 0 Å². The van der Waals surface area contributed by atoms with Crippen LogP contribution in [0, 0.1) is 0 Å². The Morgan fingerprint density at radius 1 is 1.00 bits per heavy atom. The summed E-state index contributed by atoms with van der Waals surface area (Å²) in [5, 5.41) is 0. The molecule has 1 fully saturated rings. The van der Waals surface area contributed by atoms with E-state index in [1.54, 1.807) is 13.2 Å². The average molecular weight is 339 g/mol. The van der Waals surface area contributed by atoms with Crippen LogP contribution in [0.2, 0.25) is 0 Å². The molecule has 0 bridgehead atoms. The summed E-state index contributed by atoms with van der Waals surface area (Å²) in [4.78, 5) is 19.0. The van der Waals surface area contributed by atoms with Gasteiger partial charge in [0.1, 0.15) is 5.75 Å². The summed E-state index contributed by atoms with van der Waals surface area (Å²) in [6, 6.07) is 15.9. The average Bonchev–Trinajstić information content (AvgIpc) is 2.67. The molecule has 0 atom stereocenters. The van der Waals surface area contributed by atoms with Crippen LogP contribution in [-0.2, 0) is 0 Å². The number of piperazine rings is 1. The summed E-state index contributed by atoms with van der Waals surface area (Å²) in [6.45, 7) is 3.14. The first-order chi connectivity index (χ1) is 12.1. The van der Waals surface area contributed by atoms with Gasteiger partial charge in [-0.25, -0.2) is 0 Å². The second kappa shape index (κ2) is 7.47. The highest BCUT2D eigenvalue weighted by Gasteiger charge is 2.22.